The van der Waals surface area contributed by atoms with Gasteiger partial charge in [-0.25, -0.2) is 8.42 Å². The van der Waals surface area contributed by atoms with Crippen LogP contribution in [0.3, 0.4) is 0 Å². The minimum absolute atomic E-state index is 0.0964. The Balaban J connectivity index is 1.75. The van der Waals surface area contributed by atoms with E-state index in [2.05, 4.69) is 6.92 Å². The fourth-order valence-corrected chi connectivity index (χ4v) is 5.52. The summed E-state index contributed by atoms with van der Waals surface area (Å²) in [5.41, 5.74) is 0. The van der Waals surface area contributed by atoms with E-state index >= 15 is 0 Å². The van der Waals surface area contributed by atoms with Crippen molar-refractivity contribution in [3.63, 3.8) is 0 Å². The third kappa shape index (κ3) is 4.27. The summed E-state index contributed by atoms with van der Waals surface area (Å²) >= 11 is 0. The fourth-order valence-electron chi connectivity index (χ4n) is 3.98. The number of rotatable bonds is 5. The number of carbonyl (C=O) groups is 1. The number of piperidine rings is 2. The van der Waals surface area contributed by atoms with Gasteiger partial charge in [-0.1, -0.05) is 6.92 Å². The van der Waals surface area contributed by atoms with E-state index in [4.69, 9.17) is 9.47 Å². The van der Waals surface area contributed by atoms with Crippen LogP contribution in [0.2, 0.25) is 0 Å². The van der Waals surface area contributed by atoms with Crippen molar-refractivity contribution in [2.45, 2.75) is 37.5 Å². The van der Waals surface area contributed by atoms with Gasteiger partial charge >= 0.3 is 0 Å². The Morgan fingerprint density at radius 3 is 2.36 bits per heavy atom. The Kier molecular flexibility index (Phi) is 6.50. The van der Waals surface area contributed by atoms with Crippen LogP contribution in [-0.2, 0) is 14.8 Å². The summed E-state index contributed by atoms with van der Waals surface area (Å²) in [6.07, 6.45) is 3.47. The highest BCUT2D eigenvalue weighted by atomic mass is 32.2. The molecule has 0 aromatic heterocycles. The SMILES string of the molecule is COc1ccc(S(=O)(=O)N2CCC[C@@H](C(=O)N3CCC(C)CC3)C2)cc1OC. The molecule has 1 amide bonds. The number of amides is 1. The third-order valence-electron chi connectivity index (χ3n) is 5.82. The lowest BCUT2D eigenvalue weighted by Crippen LogP contribution is -2.48. The minimum Gasteiger partial charge on any atom is -0.493 e. The zero-order valence-electron chi connectivity index (χ0n) is 16.9. The first-order valence-electron chi connectivity index (χ1n) is 9.87. The van der Waals surface area contributed by atoms with Crippen molar-refractivity contribution in [1.29, 1.82) is 0 Å². The number of likely N-dealkylation sites (tertiary alicyclic amines) is 1. The molecule has 2 aliphatic heterocycles. The zero-order valence-corrected chi connectivity index (χ0v) is 17.7. The lowest BCUT2D eigenvalue weighted by Gasteiger charge is -2.37. The second-order valence-corrected chi connectivity index (χ2v) is 9.66. The molecule has 1 aromatic carbocycles. The molecule has 156 valence electrons. The van der Waals surface area contributed by atoms with Crippen molar-refractivity contribution in [2.75, 3.05) is 40.4 Å². The molecule has 2 heterocycles. The lowest BCUT2D eigenvalue weighted by molar-refractivity contribution is -0.138. The Hall–Kier alpha value is -1.80. The number of ether oxygens (including phenoxy) is 2. The van der Waals surface area contributed by atoms with Gasteiger partial charge in [-0.15, -0.1) is 0 Å². The molecule has 2 aliphatic rings. The molecule has 28 heavy (non-hydrogen) atoms. The molecule has 0 unspecified atom stereocenters. The molecule has 0 spiro atoms. The van der Waals surface area contributed by atoms with Gasteiger partial charge in [-0.2, -0.15) is 4.31 Å². The number of benzene rings is 1. The molecule has 3 rings (SSSR count). The van der Waals surface area contributed by atoms with Crippen molar-refractivity contribution in [1.82, 2.24) is 9.21 Å². The first kappa shape index (κ1) is 20.9. The van der Waals surface area contributed by atoms with Gasteiger partial charge in [0.2, 0.25) is 15.9 Å². The average molecular weight is 411 g/mol. The zero-order chi connectivity index (χ0) is 20.3. The van der Waals surface area contributed by atoms with Gasteiger partial charge in [0.25, 0.3) is 0 Å². The van der Waals surface area contributed by atoms with E-state index < -0.39 is 10.0 Å². The van der Waals surface area contributed by atoms with Gasteiger partial charge in [-0.3, -0.25) is 4.79 Å². The molecular weight excluding hydrogens is 380 g/mol. The fraction of sp³-hybridized carbons (Fsp3) is 0.650. The largest absolute Gasteiger partial charge is 0.493 e. The molecular formula is C20H30N2O5S. The molecule has 7 nitrogen and oxygen atoms in total. The summed E-state index contributed by atoms with van der Waals surface area (Å²) in [5.74, 6) is 1.33. The highest BCUT2D eigenvalue weighted by Crippen LogP contribution is 2.32. The van der Waals surface area contributed by atoms with Gasteiger partial charge in [0.15, 0.2) is 11.5 Å². The second-order valence-electron chi connectivity index (χ2n) is 7.73. The molecule has 8 heteroatoms. The van der Waals surface area contributed by atoms with Crippen LogP contribution >= 0.6 is 0 Å². The first-order chi connectivity index (χ1) is 13.4. The predicted octanol–water partition coefficient (Wildman–Crippen LogP) is 2.36. The van der Waals surface area contributed by atoms with Crippen LogP contribution in [0, 0.1) is 11.8 Å². The van der Waals surface area contributed by atoms with E-state index in [9.17, 15) is 13.2 Å². The normalized spacial score (nSPS) is 22.1. The van der Waals surface area contributed by atoms with E-state index in [-0.39, 0.29) is 23.3 Å². The highest BCUT2D eigenvalue weighted by molar-refractivity contribution is 7.89. The molecule has 2 fully saturated rings. The maximum Gasteiger partial charge on any atom is 0.243 e. The standard InChI is InChI=1S/C20H30N2O5S/c1-15-8-11-21(12-9-15)20(23)16-5-4-10-22(14-16)28(24,25)17-6-7-18(26-2)19(13-17)27-3/h6-7,13,15-16H,4-5,8-12,14H2,1-3H3/t16-/m1/s1. The molecule has 0 bridgehead atoms. The number of sulfonamides is 1. The number of hydrogen-bond acceptors (Lipinski definition) is 5. The summed E-state index contributed by atoms with van der Waals surface area (Å²) in [5, 5.41) is 0. The summed E-state index contributed by atoms with van der Waals surface area (Å²) in [7, 11) is -0.715. The third-order valence-corrected chi connectivity index (χ3v) is 7.68. The van der Waals surface area contributed by atoms with Gasteiger partial charge in [-0.05, 0) is 43.7 Å². The molecule has 2 saturated heterocycles. The van der Waals surface area contributed by atoms with Gasteiger partial charge in [0.1, 0.15) is 0 Å². The van der Waals surface area contributed by atoms with Crippen molar-refractivity contribution in [2.24, 2.45) is 11.8 Å². The van der Waals surface area contributed by atoms with E-state index in [1.807, 2.05) is 4.90 Å². The van der Waals surface area contributed by atoms with Crippen LogP contribution in [0.25, 0.3) is 0 Å². The molecule has 0 radical (unpaired) electrons. The number of methoxy groups -OCH3 is 2. The summed E-state index contributed by atoms with van der Waals surface area (Å²) < 4.78 is 38.2. The van der Waals surface area contributed by atoms with Crippen LogP contribution in [0.5, 0.6) is 11.5 Å². The van der Waals surface area contributed by atoms with Crippen LogP contribution in [0.15, 0.2) is 23.1 Å². The summed E-state index contributed by atoms with van der Waals surface area (Å²) in [4.78, 5) is 15.0. The van der Waals surface area contributed by atoms with E-state index in [1.54, 1.807) is 6.07 Å². The molecule has 1 aromatic rings. The molecule has 0 N–H and O–H groups in total. The molecule has 0 aliphatic carbocycles. The molecule has 0 saturated carbocycles. The quantitative estimate of drug-likeness (QED) is 0.745. The topological polar surface area (TPSA) is 76.2 Å². The highest BCUT2D eigenvalue weighted by Gasteiger charge is 2.36. The minimum atomic E-state index is -3.70. The van der Waals surface area contributed by atoms with E-state index in [0.717, 1.165) is 32.4 Å². The first-order valence-corrected chi connectivity index (χ1v) is 11.3. The Morgan fingerprint density at radius 2 is 1.71 bits per heavy atom. The maximum absolute atomic E-state index is 13.1. The smallest absolute Gasteiger partial charge is 0.243 e. The van der Waals surface area contributed by atoms with Crippen molar-refractivity contribution < 1.29 is 22.7 Å². The van der Waals surface area contributed by atoms with Crippen LogP contribution < -0.4 is 9.47 Å². The van der Waals surface area contributed by atoms with Gasteiger partial charge in [0, 0.05) is 32.2 Å². The van der Waals surface area contributed by atoms with Crippen LogP contribution in [0.4, 0.5) is 0 Å². The van der Waals surface area contributed by atoms with Crippen molar-refractivity contribution in [3.8, 4) is 11.5 Å². The van der Waals surface area contributed by atoms with Crippen LogP contribution in [0.1, 0.15) is 32.6 Å². The molecule has 1 atom stereocenters. The lowest BCUT2D eigenvalue weighted by atomic mass is 9.94. The predicted molar refractivity (Wildman–Crippen MR) is 106 cm³/mol. The Morgan fingerprint density at radius 1 is 1.04 bits per heavy atom. The van der Waals surface area contributed by atoms with E-state index in [1.165, 1.54) is 30.7 Å². The Labute approximate surface area is 167 Å². The number of hydrogen-bond donors (Lipinski definition) is 0. The van der Waals surface area contributed by atoms with Gasteiger partial charge in [0.05, 0.1) is 25.0 Å². The summed E-state index contributed by atoms with van der Waals surface area (Å²) in [6, 6.07) is 4.59. The monoisotopic (exact) mass is 410 g/mol. The van der Waals surface area contributed by atoms with Crippen LogP contribution in [-0.4, -0.2) is 63.9 Å². The maximum atomic E-state index is 13.1. The summed E-state index contributed by atoms with van der Waals surface area (Å²) in [6.45, 7) is 4.43. The number of carbonyl (C=O) groups excluding carboxylic acids is 1. The van der Waals surface area contributed by atoms with Gasteiger partial charge < -0.3 is 14.4 Å². The van der Waals surface area contributed by atoms with Crippen molar-refractivity contribution in [3.05, 3.63) is 18.2 Å². The second kappa shape index (κ2) is 8.69. The Bertz CT molecular complexity index is 803. The van der Waals surface area contributed by atoms with Crippen molar-refractivity contribution >= 4 is 15.9 Å². The number of nitrogens with zero attached hydrogens (tertiary/aromatic N) is 2. The van der Waals surface area contributed by atoms with E-state index in [0.29, 0.717) is 30.4 Å². The average Bonchev–Trinajstić information content (AvgIpc) is 2.73.